The maximum atomic E-state index is 13.5. The molecule has 19 heavy (non-hydrogen) atoms. The van der Waals surface area contributed by atoms with Crippen LogP contribution in [0.2, 0.25) is 0 Å². The number of halogens is 1. The first-order chi connectivity index (χ1) is 9.10. The number of rotatable bonds is 4. The van der Waals surface area contributed by atoms with Gasteiger partial charge in [0.15, 0.2) is 0 Å². The Morgan fingerprint density at radius 2 is 2.32 bits per heavy atom. The fourth-order valence-corrected chi connectivity index (χ4v) is 1.97. The van der Waals surface area contributed by atoms with Crippen molar-refractivity contribution in [3.63, 3.8) is 0 Å². The number of benzene rings is 1. The lowest BCUT2D eigenvalue weighted by Gasteiger charge is -2.15. The molecule has 0 saturated heterocycles. The summed E-state index contributed by atoms with van der Waals surface area (Å²) in [6.45, 7) is 3.91. The first-order valence-corrected chi connectivity index (χ1v) is 6.06. The number of H-pyrrole nitrogens is 1. The second-order valence-electron chi connectivity index (χ2n) is 4.57. The van der Waals surface area contributed by atoms with Gasteiger partial charge in [-0.3, -0.25) is 5.10 Å². The highest BCUT2D eigenvalue weighted by Gasteiger charge is 2.11. The molecule has 1 heterocycles. The van der Waals surface area contributed by atoms with Gasteiger partial charge in [-0.15, -0.1) is 0 Å². The number of anilines is 1. The molecule has 0 spiro atoms. The van der Waals surface area contributed by atoms with Crippen LogP contribution in [0.3, 0.4) is 0 Å². The van der Waals surface area contributed by atoms with Crippen molar-refractivity contribution in [1.29, 1.82) is 5.26 Å². The summed E-state index contributed by atoms with van der Waals surface area (Å²) in [5.41, 5.74) is 2.51. The number of aromatic nitrogens is 2. The van der Waals surface area contributed by atoms with Gasteiger partial charge in [-0.05, 0) is 32.0 Å². The number of nitriles is 1. The Balaban J connectivity index is 2.09. The van der Waals surface area contributed by atoms with Crippen molar-refractivity contribution in [2.45, 2.75) is 26.3 Å². The van der Waals surface area contributed by atoms with Gasteiger partial charge in [-0.25, -0.2) is 4.39 Å². The summed E-state index contributed by atoms with van der Waals surface area (Å²) in [6.07, 6.45) is 0.700. The Kier molecular flexibility index (Phi) is 3.81. The molecule has 1 atom stereocenters. The molecule has 0 saturated carbocycles. The summed E-state index contributed by atoms with van der Waals surface area (Å²) in [7, 11) is 0. The third-order valence-electron chi connectivity index (χ3n) is 2.80. The number of nitrogens with one attached hydrogen (secondary N) is 2. The third kappa shape index (κ3) is 3.10. The van der Waals surface area contributed by atoms with E-state index in [1.807, 2.05) is 26.0 Å². The quantitative estimate of drug-likeness (QED) is 0.886. The number of nitrogens with zero attached hydrogens (tertiary/aromatic N) is 2. The topological polar surface area (TPSA) is 64.5 Å². The van der Waals surface area contributed by atoms with Gasteiger partial charge in [0.05, 0.1) is 11.4 Å². The second-order valence-corrected chi connectivity index (χ2v) is 4.57. The summed E-state index contributed by atoms with van der Waals surface area (Å²) in [5, 5.41) is 19.1. The molecule has 2 rings (SSSR count). The Morgan fingerprint density at radius 1 is 1.53 bits per heavy atom. The lowest BCUT2D eigenvalue weighted by Crippen LogP contribution is -2.19. The van der Waals surface area contributed by atoms with Crippen molar-refractivity contribution in [3.05, 3.63) is 47.0 Å². The average molecular weight is 258 g/mol. The molecule has 1 unspecified atom stereocenters. The molecule has 0 fully saturated rings. The van der Waals surface area contributed by atoms with E-state index in [9.17, 15) is 4.39 Å². The highest BCUT2D eigenvalue weighted by Crippen LogP contribution is 2.19. The first kappa shape index (κ1) is 13.1. The highest BCUT2D eigenvalue weighted by molar-refractivity contribution is 5.58. The molecule has 5 heteroatoms. The number of aryl methyl sites for hydroxylation is 1. The number of hydrogen-bond donors (Lipinski definition) is 2. The fourth-order valence-electron chi connectivity index (χ4n) is 1.97. The molecule has 0 amide bonds. The monoisotopic (exact) mass is 258 g/mol. The molecule has 2 aromatic rings. The van der Waals surface area contributed by atoms with Gasteiger partial charge in [0, 0.05) is 18.2 Å². The zero-order chi connectivity index (χ0) is 13.8. The lowest BCUT2D eigenvalue weighted by atomic mass is 10.1. The summed E-state index contributed by atoms with van der Waals surface area (Å²) >= 11 is 0. The predicted octanol–water partition coefficient (Wildman–Crippen LogP) is 2.77. The van der Waals surface area contributed by atoms with E-state index >= 15 is 0 Å². The maximum absolute atomic E-state index is 13.5. The maximum Gasteiger partial charge on any atom is 0.143 e. The summed E-state index contributed by atoms with van der Waals surface area (Å²) in [4.78, 5) is 0. The molecule has 0 radical (unpaired) electrons. The van der Waals surface area contributed by atoms with Gasteiger partial charge in [0.1, 0.15) is 17.4 Å². The Bertz CT molecular complexity index is 612. The molecule has 0 aliphatic carbocycles. The number of aromatic amines is 1. The Hall–Kier alpha value is -2.35. The van der Waals surface area contributed by atoms with Crippen LogP contribution in [0.1, 0.15) is 23.9 Å². The lowest BCUT2D eigenvalue weighted by molar-refractivity contribution is 0.623. The van der Waals surface area contributed by atoms with Crippen molar-refractivity contribution in [3.8, 4) is 6.07 Å². The second kappa shape index (κ2) is 5.53. The summed E-state index contributed by atoms with van der Waals surface area (Å²) < 4.78 is 13.5. The van der Waals surface area contributed by atoms with Crippen LogP contribution in [-0.2, 0) is 6.42 Å². The summed E-state index contributed by atoms with van der Waals surface area (Å²) in [6, 6.07) is 8.47. The predicted molar refractivity (Wildman–Crippen MR) is 71.2 cm³/mol. The van der Waals surface area contributed by atoms with Gasteiger partial charge < -0.3 is 5.32 Å². The third-order valence-corrected chi connectivity index (χ3v) is 2.80. The van der Waals surface area contributed by atoms with E-state index in [-0.39, 0.29) is 11.6 Å². The van der Waals surface area contributed by atoms with Crippen molar-refractivity contribution in [2.24, 2.45) is 0 Å². The molecular weight excluding hydrogens is 243 g/mol. The van der Waals surface area contributed by atoms with Crippen LogP contribution in [0.4, 0.5) is 10.1 Å². The molecule has 1 aromatic heterocycles. The van der Waals surface area contributed by atoms with Crippen LogP contribution in [0.5, 0.6) is 0 Å². The number of hydrogen-bond acceptors (Lipinski definition) is 3. The van der Waals surface area contributed by atoms with Crippen molar-refractivity contribution < 1.29 is 4.39 Å². The van der Waals surface area contributed by atoms with Gasteiger partial charge in [0.2, 0.25) is 0 Å². The van der Waals surface area contributed by atoms with E-state index in [1.165, 1.54) is 6.07 Å². The van der Waals surface area contributed by atoms with Crippen molar-refractivity contribution in [2.75, 3.05) is 5.32 Å². The van der Waals surface area contributed by atoms with Crippen molar-refractivity contribution >= 4 is 5.69 Å². The summed E-state index contributed by atoms with van der Waals surface area (Å²) in [5.74, 6) is -0.504. The van der Waals surface area contributed by atoms with E-state index in [0.717, 1.165) is 11.4 Å². The smallest absolute Gasteiger partial charge is 0.143 e. The minimum absolute atomic E-state index is 0.0487. The van der Waals surface area contributed by atoms with E-state index in [0.29, 0.717) is 12.1 Å². The standard InChI is InChI=1S/C14H15FN4/c1-9(6-11-7-10(2)18-19-11)17-14-5-3-4-13(15)12(14)8-16/h3-5,7,9,17H,6H2,1-2H3,(H,18,19). The molecule has 1 aromatic carbocycles. The molecule has 4 nitrogen and oxygen atoms in total. The van der Waals surface area contributed by atoms with Crippen LogP contribution in [-0.4, -0.2) is 16.2 Å². The van der Waals surface area contributed by atoms with Gasteiger partial charge in [-0.2, -0.15) is 10.4 Å². The SMILES string of the molecule is Cc1cc(CC(C)Nc2cccc(F)c2C#N)n[nH]1. The van der Waals surface area contributed by atoms with Crippen LogP contribution in [0, 0.1) is 24.1 Å². The van der Waals surface area contributed by atoms with E-state index in [1.54, 1.807) is 12.1 Å². The average Bonchev–Trinajstić information content (AvgIpc) is 2.75. The van der Waals surface area contributed by atoms with E-state index < -0.39 is 5.82 Å². The molecule has 0 aliphatic rings. The van der Waals surface area contributed by atoms with Crippen LogP contribution in [0.25, 0.3) is 0 Å². The molecular formula is C14H15FN4. The largest absolute Gasteiger partial charge is 0.381 e. The zero-order valence-electron chi connectivity index (χ0n) is 10.9. The van der Waals surface area contributed by atoms with Crippen LogP contribution >= 0.6 is 0 Å². The first-order valence-electron chi connectivity index (χ1n) is 6.06. The Labute approximate surface area is 111 Å². The molecule has 0 aliphatic heterocycles. The normalized spacial score (nSPS) is 11.9. The van der Waals surface area contributed by atoms with Gasteiger partial charge >= 0.3 is 0 Å². The minimum atomic E-state index is -0.504. The van der Waals surface area contributed by atoms with Crippen LogP contribution < -0.4 is 5.32 Å². The zero-order valence-corrected chi connectivity index (χ0v) is 10.9. The highest BCUT2D eigenvalue weighted by atomic mass is 19.1. The fraction of sp³-hybridized carbons (Fsp3) is 0.286. The van der Waals surface area contributed by atoms with Crippen LogP contribution in [0.15, 0.2) is 24.3 Å². The molecule has 2 N–H and O–H groups in total. The Morgan fingerprint density at radius 3 is 2.95 bits per heavy atom. The minimum Gasteiger partial charge on any atom is -0.381 e. The van der Waals surface area contributed by atoms with E-state index in [4.69, 9.17) is 5.26 Å². The molecule has 0 bridgehead atoms. The van der Waals surface area contributed by atoms with Crippen molar-refractivity contribution in [1.82, 2.24) is 10.2 Å². The molecule has 98 valence electrons. The van der Waals surface area contributed by atoms with Gasteiger partial charge in [0.25, 0.3) is 0 Å². The van der Waals surface area contributed by atoms with E-state index in [2.05, 4.69) is 15.5 Å². The van der Waals surface area contributed by atoms with Gasteiger partial charge in [-0.1, -0.05) is 6.07 Å².